The summed E-state index contributed by atoms with van der Waals surface area (Å²) < 4.78 is 0. The van der Waals surface area contributed by atoms with E-state index in [1.807, 2.05) is 6.07 Å². The SMILES string of the molecule is NCc1cc2[nH]c(=O)c(N)nc2s1. The highest BCUT2D eigenvalue weighted by Crippen LogP contribution is 2.20. The second kappa shape index (κ2) is 2.82. The number of nitrogens with zero attached hydrogens (tertiary/aromatic N) is 1. The summed E-state index contributed by atoms with van der Waals surface area (Å²) in [5.74, 6) is -0.00192. The molecule has 0 saturated heterocycles. The van der Waals surface area contributed by atoms with Gasteiger partial charge in [-0.2, -0.15) is 0 Å². The molecule has 0 unspecified atom stereocenters. The van der Waals surface area contributed by atoms with Gasteiger partial charge in [-0.25, -0.2) is 4.98 Å². The van der Waals surface area contributed by atoms with Crippen molar-refractivity contribution in [3.05, 3.63) is 21.3 Å². The summed E-state index contributed by atoms with van der Waals surface area (Å²) in [6.45, 7) is 0.447. The minimum atomic E-state index is -0.353. The number of aromatic nitrogens is 2. The molecule has 2 aromatic rings. The quantitative estimate of drug-likeness (QED) is 0.599. The summed E-state index contributed by atoms with van der Waals surface area (Å²) in [6, 6.07) is 1.81. The van der Waals surface area contributed by atoms with Crippen LogP contribution in [-0.2, 0) is 6.54 Å². The van der Waals surface area contributed by atoms with Gasteiger partial charge in [0, 0.05) is 11.4 Å². The number of nitrogen functional groups attached to an aromatic ring is 1. The Morgan fingerprint density at radius 2 is 2.38 bits per heavy atom. The molecule has 0 radical (unpaired) electrons. The number of anilines is 1. The molecular formula is C7H8N4OS. The Labute approximate surface area is 77.4 Å². The van der Waals surface area contributed by atoms with Gasteiger partial charge in [-0.05, 0) is 6.07 Å². The molecule has 0 bridgehead atoms. The number of nitrogens with one attached hydrogen (secondary N) is 1. The van der Waals surface area contributed by atoms with E-state index in [-0.39, 0.29) is 11.4 Å². The predicted molar refractivity (Wildman–Crippen MR) is 52.5 cm³/mol. The van der Waals surface area contributed by atoms with Crippen molar-refractivity contribution < 1.29 is 0 Å². The lowest BCUT2D eigenvalue weighted by atomic mass is 10.4. The molecule has 68 valence electrons. The van der Waals surface area contributed by atoms with Gasteiger partial charge in [0.15, 0.2) is 5.82 Å². The Balaban J connectivity index is 2.77. The highest BCUT2D eigenvalue weighted by Gasteiger charge is 2.04. The van der Waals surface area contributed by atoms with Crippen molar-refractivity contribution in [2.75, 3.05) is 5.73 Å². The molecule has 5 nitrogen and oxygen atoms in total. The zero-order valence-corrected chi connectivity index (χ0v) is 7.52. The molecule has 0 atom stereocenters. The fraction of sp³-hybridized carbons (Fsp3) is 0.143. The van der Waals surface area contributed by atoms with Crippen molar-refractivity contribution >= 4 is 27.5 Å². The van der Waals surface area contributed by atoms with Crippen molar-refractivity contribution in [3.63, 3.8) is 0 Å². The average Bonchev–Trinajstić information content (AvgIpc) is 2.48. The second-order valence-corrected chi connectivity index (χ2v) is 3.70. The fourth-order valence-electron chi connectivity index (χ4n) is 1.05. The van der Waals surface area contributed by atoms with E-state index in [4.69, 9.17) is 11.5 Å². The smallest absolute Gasteiger partial charge is 0.291 e. The third kappa shape index (κ3) is 1.30. The zero-order chi connectivity index (χ0) is 9.42. The first-order chi connectivity index (χ1) is 6.20. The number of hydrogen-bond donors (Lipinski definition) is 3. The first kappa shape index (κ1) is 8.21. The van der Waals surface area contributed by atoms with E-state index in [0.29, 0.717) is 12.1 Å². The number of H-pyrrole nitrogens is 1. The van der Waals surface area contributed by atoms with E-state index in [9.17, 15) is 4.79 Å². The summed E-state index contributed by atoms with van der Waals surface area (Å²) in [6.07, 6.45) is 0. The van der Waals surface area contributed by atoms with E-state index >= 15 is 0 Å². The Morgan fingerprint density at radius 3 is 3.08 bits per heavy atom. The molecule has 0 aliphatic carbocycles. The molecule has 13 heavy (non-hydrogen) atoms. The molecule has 0 spiro atoms. The molecule has 5 N–H and O–H groups in total. The highest BCUT2D eigenvalue weighted by molar-refractivity contribution is 7.18. The van der Waals surface area contributed by atoms with Crippen LogP contribution in [0.3, 0.4) is 0 Å². The van der Waals surface area contributed by atoms with Crippen LogP contribution in [-0.4, -0.2) is 9.97 Å². The summed E-state index contributed by atoms with van der Waals surface area (Å²) >= 11 is 1.43. The number of rotatable bonds is 1. The molecule has 0 saturated carbocycles. The number of nitrogens with two attached hydrogens (primary N) is 2. The van der Waals surface area contributed by atoms with Crippen molar-refractivity contribution in [2.45, 2.75) is 6.54 Å². The van der Waals surface area contributed by atoms with Gasteiger partial charge in [-0.3, -0.25) is 4.79 Å². The Hall–Kier alpha value is -1.40. The molecule has 0 aromatic carbocycles. The monoisotopic (exact) mass is 196 g/mol. The molecule has 6 heteroatoms. The van der Waals surface area contributed by atoms with Crippen LogP contribution < -0.4 is 17.0 Å². The predicted octanol–water partition coefficient (Wildman–Crippen LogP) is 0.0255. The average molecular weight is 196 g/mol. The lowest BCUT2D eigenvalue weighted by Crippen LogP contribution is -2.12. The third-order valence-corrected chi connectivity index (χ3v) is 2.72. The number of aromatic amines is 1. The number of fused-ring (bicyclic) bond motifs is 1. The normalized spacial score (nSPS) is 10.8. The minimum Gasteiger partial charge on any atom is -0.379 e. The van der Waals surface area contributed by atoms with Crippen LogP contribution >= 0.6 is 11.3 Å². The Morgan fingerprint density at radius 1 is 1.62 bits per heavy atom. The molecule has 2 rings (SSSR count). The third-order valence-electron chi connectivity index (χ3n) is 1.67. The van der Waals surface area contributed by atoms with E-state index < -0.39 is 0 Å². The van der Waals surface area contributed by atoms with Gasteiger partial charge in [-0.15, -0.1) is 11.3 Å². The summed E-state index contributed by atoms with van der Waals surface area (Å²) in [4.78, 5) is 19.3. The van der Waals surface area contributed by atoms with Gasteiger partial charge in [-0.1, -0.05) is 0 Å². The summed E-state index contributed by atoms with van der Waals surface area (Å²) in [7, 11) is 0. The molecule has 0 aliphatic rings. The molecule has 0 amide bonds. The Bertz CT molecular complexity index is 501. The van der Waals surface area contributed by atoms with E-state index in [1.165, 1.54) is 11.3 Å². The summed E-state index contributed by atoms with van der Waals surface area (Å²) in [5.41, 5.74) is 11.2. The van der Waals surface area contributed by atoms with E-state index in [1.54, 1.807) is 0 Å². The van der Waals surface area contributed by atoms with Crippen LogP contribution in [0.15, 0.2) is 10.9 Å². The zero-order valence-electron chi connectivity index (χ0n) is 6.70. The van der Waals surface area contributed by atoms with Gasteiger partial charge >= 0.3 is 0 Å². The van der Waals surface area contributed by atoms with Crippen LogP contribution in [0.5, 0.6) is 0 Å². The van der Waals surface area contributed by atoms with Crippen LogP contribution in [0.25, 0.3) is 10.3 Å². The van der Waals surface area contributed by atoms with Gasteiger partial charge in [0.1, 0.15) is 4.83 Å². The lowest BCUT2D eigenvalue weighted by Gasteiger charge is -1.89. The van der Waals surface area contributed by atoms with Crippen LogP contribution in [0.4, 0.5) is 5.82 Å². The maximum Gasteiger partial charge on any atom is 0.291 e. The van der Waals surface area contributed by atoms with Gasteiger partial charge < -0.3 is 16.5 Å². The molecule has 0 aliphatic heterocycles. The first-order valence-electron chi connectivity index (χ1n) is 3.69. The van der Waals surface area contributed by atoms with Crippen LogP contribution in [0, 0.1) is 0 Å². The first-order valence-corrected chi connectivity index (χ1v) is 4.50. The fourth-order valence-corrected chi connectivity index (χ4v) is 1.92. The largest absolute Gasteiger partial charge is 0.379 e. The number of thiophene rings is 1. The van der Waals surface area contributed by atoms with E-state index in [2.05, 4.69) is 9.97 Å². The Kier molecular flexibility index (Phi) is 1.78. The van der Waals surface area contributed by atoms with Crippen LogP contribution in [0.1, 0.15) is 4.88 Å². The summed E-state index contributed by atoms with van der Waals surface area (Å²) in [5, 5.41) is 0. The van der Waals surface area contributed by atoms with Crippen molar-refractivity contribution in [3.8, 4) is 0 Å². The minimum absolute atomic E-state index is 0.00192. The second-order valence-electron chi connectivity index (χ2n) is 2.59. The standard InChI is InChI=1S/C7H8N4OS/c8-2-3-1-4-7(13-3)11-5(9)6(12)10-4/h1H,2,8H2,(H2,9,11)(H,10,12). The molecular weight excluding hydrogens is 188 g/mol. The van der Waals surface area contributed by atoms with Crippen molar-refractivity contribution in [1.82, 2.24) is 9.97 Å². The lowest BCUT2D eigenvalue weighted by molar-refractivity contribution is 1.11. The van der Waals surface area contributed by atoms with E-state index in [0.717, 1.165) is 9.71 Å². The molecule has 2 heterocycles. The molecule has 2 aromatic heterocycles. The number of hydrogen-bond acceptors (Lipinski definition) is 5. The topological polar surface area (TPSA) is 97.8 Å². The van der Waals surface area contributed by atoms with Crippen molar-refractivity contribution in [2.24, 2.45) is 5.73 Å². The maximum atomic E-state index is 11.1. The van der Waals surface area contributed by atoms with Gasteiger partial charge in [0.2, 0.25) is 0 Å². The van der Waals surface area contributed by atoms with Gasteiger partial charge in [0.25, 0.3) is 5.56 Å². The maximum absolute atomic E-state index is 11.1. The molecule has 0 fully saturated rings. The highest BCUT2D eigenvalue weighted by atomic mass is 32.1. The van der Waals surface area contributed by atoms with Crippen LogP contribution in [0.2, 0.25) is 0 Å². The van der Waals surface area contributed by atoms with Crippen molar-refractivity contribution in [1.29, 1.82) is 0 Å². The van der Waals surface area contributed by atoms with Gasteiger partial charge in [0.05, 0.1) is 5.52 Å².